The van der Waals surface area contributed by atoms with Crippen LogP contribution in [0.1, 0.15) is 4.88 Å². The van der Waals surface area contributed by atoms with Gasteiger partial charge in [-0.1, -0.05) is 0 Å². The lowest BCUT2D eigenvalue weighted by molar-refractivity contribution is -0.282. The van der Waals surface area contributed by atoms with E-state index in [-0.39, 0.29) is 22.9 Å². The predicted molar refractivity (Wildman–Crippen MR) is 116 cm³/mol. The SMILES string of the molecule is COOCc1sccc1S(=O)(=O)Nc1ccc(F)c(F)c1Nc1ccc(I)cc1F. The average molecular weight is 570 g/mol. The second-order valence-corrected chi connectivity index (χ2v) is 9.67. The van der Waals surface area contributed by atoms with Crippen molar-refractivity contribution in [2.45, 2.75) is 11.5 Å². The summed E-state index contributed by atoms with van der Waals surface area (Å²) >= 11 is 3.01. The number of hydrogen-bond acceptors (Lipinski definition) is 6. The minimum Gasteiger partial charge on any atom is -0.349 e. The highest BCUT2D eigenvalue weighted by atomic mass is 127. The third-order valence-electron chi connectivity index (χ3n) is 3.83. The molecule has 0 aliphatic carbocycles. The second kappa shape index (κ2) is 9.51. The maximum Gasteiger partial charge on any atom is 0.263 e. The van der Waals surface area contributed by atoms with Gasteiger partial charge in [-0.15, -0.1) is 11.3 Å². The molecular weight excluding hydrogens is 556 g/mol. The fraction of sp³-hybridized carbons (Fsp3) is 0.111. The van der Waals surface area contributed by atoms with E-state index in [0.717, 1.165) is 23.5 Å². The Balaban J connectivity index is 1.98. The molecule has 3 aromatic rings. The molecule has 0 aliphatic rings. The van der Waals surface area contributed by atoms with Crippen LogP contribution in [0.3, 0.4) is 0 Å². The molecule has 0 saturated carbocycles. The van der Waals surface area contributed by atoms with E-state index in [1.54, 1.807) is 6.07 Å². The van der Waals surface area contributed by atoms with Crippen LogP contribution in [0.5, 0.6) is 0 Å². The van der Waals surface area contributed by atoms with Gasteiger partial charge in [0.2, 0.25) is 0 Å². The standard InChI is InChI=1S/C18H14F3IN2O4S2/c1-27-28-9-15-16(6-7-29-15)30(25,26)24-14-5-3-11(19)17(21)18(14)23-13-4-2-10(22)8-12(13)20/h2-8,23-24H,9H2,1H3. The van der Waals surface area contributed by atoms with Gasteiger partial charge in [0.05, 0.1) is 23.4 Å². The normalized spacial score (nSPS) is 11.5. The van der Waals surface area contributed by atoms with E-state index in [1.165, 1.54) is 30.7 Å². The van der Waals surface area contributed by atoms with Crippen LogP contribution in [0.25, 0.3) is 0 Å². The molecule has 30 heavy (non-hydrogen) atoms. The Labute approximate surface area is 188 Å². The molecule has 0 amide bonds. The van der Waals surface area contributed by atoms with Crippen molar-refractivity contribution in [2.75, 3.05) is 17.1 Å². The highest BCUT2D eigenvalue weighted by Gasteiger charge is 2.24. The summed E-state index contributed by atoms with van der Waals surface area (Å²) in [4.78, 5) is 9.50. The average Bonchev–Trinajstić information content (AvgIpc) is 3.17. The van der Waals surface area contributed by atoms with Crippen LogP contribution in [0.2, 0.25) is 0 Å². The molecule has 160 valence electrons. The van der Waals surface area contributed by atoms with Gasteiger partial charge in [-0.25, -0.2) is 31.4 Å². The molecule has 0 fully saturated rings. The van der Waals surface area contributed by atoms with Crippen LogP contribution < -0.4 is 10.0 Å². The summed E-state index contributed by atoms with van der Waals surface area (Å²) in [7, 11) is -2.91. The van der Waals surface area contributed by atoms with Crippen molar-refractivity contribution in [3.8, 4) is 0 Å². The molecule has 0 aliphatic heterocycles. The first-order valence-electron chi connectivity index (χ1n) is 8.18. The molecule has 3 rings (SSSR count). The lowest BCUT2D eigenvalue weighted by Gasteiger charge is -2.16. The number of rotatable bonds is 8. The summed E-state index contributed by atoms with van der Waals surface area (Å²) in [5, 5.41) is 3.97. The Hall–Kier alpha value is -1.87. The van der Waals surface area contributed by atoms with Gasteiger partial charge in [0, 0.05) is 3.57 Å². The fourth-order valence-corrected chi connectivity index (χ4v) is 5.33. The minimum absolute atomic E-state index is 0.110. The van der Waals surface area contributed by atoms with Crippen LogP contribution in [-0.4, -0.2) is 15.5 Å². The smallest absolute Gasteiger partial charge is 0.263 e. The third-order valence-corrected chi connectivity index (χ3v) is 6.98. The summed E-state index contributed by atoms with van der Waals surface area (Å²) in [6.07, 6.45) is 0. The summed E-state index contributed by atoms with van der Waals surface area (Å²) < 4.78 is 71.0. The Morgan fingerprint density at radius 2 is 1.80 bits per heavy atom. The van der Waals surface area contributed by atoms with Gasteiger partial charge < -0.3 is 5.32 Å². The zero-order valence-corrected chi connectivity index (χ0v) is 19.0. The molecule has 0 spiro atoms. The van der Waals surface area contributed by atoms with Gasteiger partial charge in [0.25, 0.3) is 10.0 Å². The molecule has 0 radical (unpaired) electrons. The summed E-state index contributed by atoms with van der Waals surface area (Å²) in [6.45, 7) is -0.124. The Morgan fingerprint density at radius 3 is 2.50 bits per heavy atom. The first kappa shape index (κ1) is 22.8. The van der Waals surface area contributed by atoms with E-state index in [9.17, 15) is 21.6 Å². The summed E-state index contributed by atoms with van der Waals surface area (Å²) in [5.41, 5.74) is -0.995. The van der Waals surface area contributed by atoms with Gasteiger partial charge in [-0.05, 0) is 64.4 Å². The molecule has 0 bridgehead atoms. The number of sulfonamides is 1. The first-order chi connectivity index (χ1) is 14.2. The van der Waals surface area contributed by atoms with E-state index in [2.05, 4.69) is 14.9 Å². The van der Waals surface area contributed by atoms with Gasteiger partial charge in [-0.3, -0.25) is 4.72 Å². The fourth-order valence-electron chi connectivity index (χ4n) is 2.47. The van der Waals surface area contributed by atoms with Crippen molar-refractivity contribution >= 4 is 61.0 Å². The molecule has 2 aromatic carbocycles. The highest BCUT2D eigenvalue weighted by molar-refractivity contribution is 14.1. The number of nitrogens with one attached hydrogen (secondary N) is 2. The van der Waals surface area contributed by atoms with Crippen molar-refractivity contribution in [1.29, 1.82) is 0 Å². The number of benzene rings is 2. The highest BCUT2D eigenvalue weighted by Crippen LogP contribution is 2.34. The zero-order chi connectivity index (χ0) is 21.9. The van der Waals surface area contributed by atoms with Crippen molar-refractivity contribution in [2.24, 2.45) is 0 Å². The van der Waals surface area contributed by atoms with E-state index >= 15 is 0 Å². The second-order valence-electron chi connectivity index (χ2n) is 5.78. The summed E-state index contributed by atoms with van der Waals surface area (Å²) in [5.74, 6) is -3.30. The van der Waals surface area contributed by atoms with E-state index in [0.29, 0.717) is 8.45 Å². The molecule has 0 unspecified atom stereocenters. The van der Waals surface area contributed by atoms with Gasteiger partial charge in [0.1, 0.15) is 23.0 Å². The largest absolute Gasteiger partial charge is 0.349 e. The topological polar surface area (TPSA) is 76.7 Å². The van der Waals surface area contributed by atoms with Crippen LogP contribution in [-0.2, 0) is 26.4 Å². The molecular formula is C18H14F3IN2O4S2. The number of anilines is 3. The van der Waals surface area contributed by atoms with Crippen LogP contribution in [0, 0.1) is 21.0 Å². The Morgan fingerprint density at radius 1 is 1.07 bits per heavy atom. The van der Waals surface area contributed by atoms with E-state index < -0.39 is 33.2 Å². The van der Waals surface area contributed by atoms with E-state index in [1.807, 2.05) is 22.6 Å². The molecule has 6 nitrogen and oxygen atoms in total. The van der Waals surface area contributed by atoms with Crippen molar-refractivity contribution < 1.29 is 31.4 Å². The zero-order valence-electron chi connectivity index (χ0n) is 15.2. The third kappa shape index (κ3) is 5.06. The Kier molecular flexibility index (Phi) is 7.23. The maximum atomic E-state index is 14.5. The number of halogens is 4. The minimum atomic E-state index is -4.19. The predicted octanol–water partition coefficient (Wildman–Crippen LogP) is 5.39. The molecule has 1 aromatic heterocycles. The van der Waals surface area contributed by atoms with E-state index in [4.69, 9.17) is 4.89 Å². The molecule has 0 saturated heterocycles. The maximum absolute atomic E-state index is 14.5. The van der Waals surface area contributed by atoms with Gasteiger partial charge >= 0.3 is 0 Å². The van der Waals surface area contributed by atoms with Crippen LogP contribution in [0.15, 0.2) is 46.7 Å². The molecule has 0 atom stereocenters. The molecule has 12 heteroatoms. The van der Waals surface area contributed by atoms with Crippen LogP contribution in [0.4, 0.5) is 30.2 Å². The lowest BCUT2D eigenvalue weighted by atomic mass is 10.2. The van der Waals surface area contributed by atoms with Crippen molar-refractivity contribution in [3.63, 3.8) is 0 Å². The first-order valence-corrected chi connectivity index (χ1v) is 11.6. The van der Waals surface area contributed by atoms with Gasteiger partial charge in [-0.2, -0.15) is 0 Å². The van der Waals surface area contributed by atoms with Gasteiger partial charge in [0.15, 0.2) is 11.6 Å². The lowest BCUT2D eigenvalue weighted by Crippen LogP contribution is -2.16. The molecule has 2 N–H and O–H groups in total. The summed E-state index contributed by atoms with van der Waals surface area (Å²) in [6, 6.07) is 7.23. The molecule has 1 heterocycles. The van der Waals surface area contributed by atoms with Crippen molar-refractivity contribution in [1.82, 2.24) is 0 Å². The number of thiophene rings is 1. The number of hydrogen-bond donors (Lipinski definition) is 2. The monoisotopic (exact) mass is 570 g/mol. The Bertz CT molecular complexity index is 1170. The quantitative estimate of drug-likeness (QED) is 0.216. The van der Waals surface area contributed by atoms with Crippen molar-refractivity contribution in [3.05, 3.63) is 67.7 Å². The van der Waals surface area contributed by atoms with Crippen LogP contribution >= 0.6 is 33.9 Å².